The molecule has 0 radical (unpaired) electrons. The van der Waals surface area contributed by atoms with Crippen molar-refractivity contribution in [3.8, 4) is 0 Å². The maximum atomic E-state index is 4.81. The second kappa shape index (κ2) is 12.0. The van der Waals surface area contributed by atoms with Crippen LogP contribution in [0.1, 0.15) is 38.8 Å². The lowest BCUT2D eigenvalue weighted by molar-refractivity contribution is 0.124. The van der Waals surface area contributed by atoms with Crippen LogP contribution in [0.2, 0.25) is 0 Å². The largest absolute Gasteiger partial charge is 0.357 e. The molecule has 0 saturated carbocycles. The van der Waals surface area contributed by atoms with Crippen LogP contribution in [0, 0.1) is 5.92 Å². The third kappa shape index (κ3) is 7.51. The molecule has 1 aliphatic rings. The Labute approximate surface area is 166 Å². The Morgan fingerprint density at radius 2 is 1.67 bits per heavy atom. The van der Waals surface area contributed by atoms with E-state index < -0.39 is 0 Å². The summed E-state index contributed by atoms with van der Waals surface area (Å²) in [7, 11) is 0. The summed E-state index contributed by atoms with van der Waals surface area (Å²) < 4.78 is 0. The summed E-state index contributed by atoms with van der Waals surface area (Å²) >= 11 is 0. The standard InChI is InChI=1S/C22H39N5/c1-5-20-10-8-9-11-21(20)17-25-22(23-6-2)24-16-19(4)18-27-14-12-26(7-3)13-15-27/h8-11,19H,5-7,12-18H2,1-4H3,(H2,23,24,25). The van der Waals surface area contributed by atoms with Crippen molar-refractivity contribution in [2.45, 2.75) is 40.7 Å². The first-order valence-electron chi connectivity index (χ1n) is 10.7. The fourth-order valence-electron chi connectivity index (χ4n) is 3.63. The Morgan fingerprint density at radius 1 is 1.00 bits per heavy atom. The molecule has 152 valence electrons. The fraction of sp³-hybridized carbons (Fsp3) is 0.682. The average molecular weight is 374 g/mol. The second-order valence-corrected chi connectivity index (χ2v) is 7.54. The summed E-state index contributed by atoms with van der Waals surface area (Å²) in [4.78, 5) is 9.93. The van der Waals surface area contributed by atoms with Gasteiger partial charge in [-0.3, -0.25) is 0 Å². The number of hydrogen-bond acceptors (Lipinski definition) is 3. The summed E-state index contributed by atoms with van der Waals surface area (Å²) in [5.41, 5.74) is 2.70. The molecule has 1 fully saturated rings. The predicted molar refractivity (Wildman–Crippen MR) is 116 cm³/mol. The van der Waals surface area contributed by atoms with Crippen molar-refractivity contribution in [3.63, 3.8) is 0 Å². The van der Waals surface area contributed by atoms with Crippen LogP contribution >= 0.6 is 0 Å². The van der Waals surface area contributed by atoms with Gasteiger partial charge in [-0.25, -0.2) is 4.99 Å². The van der Waals surface area contributed by atoms with Crippen LogP contribution < -0.4 is 10.6 Å². The van der Waals surface area contributed by atoms with Crippen molar-refractivity contribution in [1.82, 2.24) is 20.4 Å². The van der Waals surface area contributed by atoms with Gasteiger partial charge in [0.05, 0.1) is 6.54 Å². The molecule has 0 aliphatic carbocycles. The maximum absolute atomic E-state index is 4.81. The van der Waals surface area contributed by atoms with Crippen LogP contribution in [-0.2, 0) is 13.0 Å². The van der Waals surface area contributed by atoms with E-state index >= 15 is 0 Å². The summed E-state index contributed by atoms with van der Waals surface area (Å²) in [6.45, 7) is 18.6. The number of nitrogens with zero attached hydrogens (tertiary/aromatic N) is 3. The molecule has 1 unspecified atom stereocenters. The zero-order chi connectivity index (χ0) is 19.5. The van der Waals surface area contributed by atoms with E-state index in [2.05, 4.69) is 72.4 Å². The summed E-state index contributed by atoms with van der Waals surface area (Å²) in [6, 6.07) is 8.60. The minimum atomic E-state index is 0.602. The van der Waals surface area contributed by atoms with Crippen molar-refractivity contribution in [2.24, 2.45) is 10.9 Å². The van der Waals surface area contributed by atoms with Crippen LogP contribution in [0.4, 0.5) is 0 Å². The minimum absolute atomic E-state index is 0.602. The zero-order valence-corrected chi connectivity index (χ0v) is 17.8. The summed E-state index contributed by atoms with van der Waals surface area (Å²) in [5, 5.41) is 6.92. The highest BCUT2D eigenvalue weighted by atomic mass is 15.3. The molecule has 1 aromatic carbocycles. The molecule has 1 aliphatic heterocycles. The Kier molecular flexibility index (Phi) is 9.64. The van der Waals surface area contributed by atoms with E-state index in [1.54, 1.807) is 0 Å². The van der Waals surface area contributed by atoms with E-state index in [4.69, 9.17) is 4.99 Å². The van der Waals surface area contributed by atoms with E-state index in [1.165, 1.54) is 43.9 Å². The number of guanidine groups is 1. The number of nitrogens with one attached hydrogen (secondary N) is 2. The van der Waals surface area contributed by atoms with Crippen LogP contribution in [0.5, 0.6) is 0 Å². The average Bonchev–Trinajstić information content (AvgIpc) is 2.71. The van der Waals surface area contributed by atoms with Crippen molar-refractivity contribution >= 4 is 5.96 Å². The first-order valence-corrected chi connectivity index (χ1v) is 10.7. The molecule has 1 atom stereocenters. The van der Waals surface area contributed by atoms with E-state index in [1.807, 2.05) is 0 Å². The predicted octanol–water partition coefficient (Wildman–Crippen LogP) is 2.58. The fourth-order valence-corrected chi connectivity index (χ4v) is 3.63. The van der Waals surface area contributed by atoms with Gasteiger partial charge in [-0.2, -0.15) is 0 Å². The number of aliphatic imine (C=N–C) groups is 1. The third-order valence-electron chi connectivity index (χ3n) is 5.35. The third-order valence-corrected chi connectivity index (χ3v) is 5.35. The molecule has 2 N–H and O–H groups in total. The zero-order valence-electron chi connectivity index (χ0n) is 17.8. The quantitative estimate of drug-likeness (QED) is 0.516. The topological polar surface area (TPSA) is 42.9 Å². The van der Waals surface area contributed by atoms with Gasteiger partial charge in [0, 0.05) is 45.8 Å². The molecular weight excluding hydrogens is 334 g/mol. The van der Waals surface area contributed by atoms with Gasteiger partial charge in [0.25, 0.3) is 0 Å². The van der Waals surface area contributed by atoms with Crippen molar-refractivity contribution < 1.29 is 0 Å². The van der Waals surface area contributed by atoms with E-state index in [-0.39, 0.29) is 0 Å². The Morgan fingerprint density at radius 3 is 2.30 bits per heavy atom. The van der Waals surface area contributed by atoms with Crippen LogP contribution in [-0.4, -0.2) is 68.1 Å². The Hall–Kier alpha value is -1.59. The van der Waals surface area contributed by atoms with Gasteiger partial charge >= 0.3 is 0 Å². The molecule has 2 rings (SSSR count). The molecule has 0 spiro atoms. The van der Waals surface area contributed by atoms with E-state index in [0.717, 1.165) is 38.6 Å². The van der Waals surface area contributed by atoms with E-state index in [0.29, 0.717) is 5.92 Å². The number of likely N-dealkylation sites (N-methyl/N-ethyl adjacent to an activating group) is 1. The number of rotatable bonds is 9. The lowest BCUT2D eigenvalue weighted by Crippen LogP contribution is -2.48. The molecule has 0 bridgehead atoms. The molecule has 0 amide bonds. The smallest absolute Gasteiger partial charge is 0.191 e. The molecule has 1 heterocycles. The number of benzene rings is 1. The van der Waals surface area contributed by atoms with Crippen molar-refractivity contribution in [1.29, 1.82) is 0 Å². The molecule has 0 aromatic heterocycles. The molecule has 5 nitrogen and oxygen atoms in total. The second-order valence-electron chi connectivity index (χ2n) is 7.54. The highest BCUT2D eigenvalue weighted by molar-refractivity contribution is 5.79. The van der Waals surface area contributed by atoms with Crippen LogP contribution in [0.15, 0.2) is 29.3 Å². The Balaban J connectivity index is 1.81. The van der Waals surface area contributed by atoms with Crippen LogP contribution in [0.3, 0.4) is 0 Å². The minimum Gasteiger partial charge on any atom is -0.357 e. The van der Waals surface area contributed by atoms with Crippen LogP contribution in [0.25, 0.3) is 0 Å². The first kappa shape index (κ1) is 21.7. The molecule has 1 saturated heterocycles. The number of aryl methyl sites for hydroxylation is 1. The Bertz CT molecular complexity index is 564. The summed E-state index contributed by atoms with van der Waals surface area (Å²) in [6.07, 6.45) is 1.05. The number of hydrogen-bond donors (Lipinski definition) is 2. The normalized spacial score (nSPS) is 17.7. The molecular formula is C22H39N5. The highest BCUT2D eigenvalue weighted by Crippen LogP contribution is 2.10. The summed E-state index contributed by atoms with van der Waals surface area (Å²) in [5.74, 6) is 1.52. The highest BCUT2D eigenvalue weighted by Gasteiger charge is 2.17. The molecule has 5 heteroatoms. The van der Waals surface area contributed by atoms with Gasteiger partial charge in [-0.1, -0.05) is 45.0 Å². The monoisotopic (exact) mass is 373 g/mol. The van der Waals surface area contributed by atoms with Gasteiger partial charge in [-0.05, 0) is 36.9 Å². The van der Waals surface area contributed by atoms with Gasteiger partial charge in [0.15, 0.2) is 5.96 Å². The van der Waals surface area contributed by atoms with Gasteiger partial charge in [0.2, 0.25) is 0 Å². The van der Waals surface area contributed by atoms with E-state index in [9.17, 15) is 0 Å². The first-order chi connectivity index (χ1) is 13.2. The lowest BCUT2D eigenvalue weighted by Gasteiger charge is -2.35. The van der Waals surface area contributed by atoms with Gasteiger partial charge in [-0.15, -0.1) is 0 Å². The molecule has 27 heavy (non-hydrogen) atoms. The SMILES string of the molecule is CCNC(=NCc1ccccc1CC)NCC(C)CN1CCN(CC)CC1. The van der Waals surface area contributed by atoms with Crippen molar-refractivity contribution in [3.05, 3.63) is 35.4 Å². The van der Waals surface area contributed by atoms with Gasteiger partial charge < -0.3 is 20.4 Å². The lowest BCUT2D eigenvalue weighted by atomic mass is 10.1. The van der Waals surface area contributed by atoms with Crippen molar-refractivity contribution in [2.75, 3.05) is 52.4 Å². The molecule has 1 aromatic rings. The maximum Gasteiger partial charge on any atom is 0.191 e. The number of piperazine rings is 1. The van der Waals surface area contributed by atoms with Gasteiger partial charge in [0.1, 0.15) is 0 Å².